The Morgan fingerprint density at radius 1 is 0.966 bits per heavy atom. The minimum absolute atomic E-state index is 0.0334. The van der Waals surface area contributed by atoms with Gasteiger partial charge in [-0.1, -0.05) is 36.4 Å². The van der Waals surface area contributed by atoms with Crippen LogP contribution < -0.4 is 10.2 Å². The average molecular weight is 392 g/mol. The van der Waals surface area contributed by atoms with Crippen molar-refractivity contribution in [1.29, 1.82) is 0 Å². The Morgan fingerprint density at radius 3 is 2.41 bits per heavy atom. The molecular weight excluding hydrogens is 362 g/mol. The fourth-order valence-corrected chi connectivity index (χ4v) is 4.40. The normalized spacial score (nSPS) is 19.6. The summed E-state index contributed by atoms with van der Waals surface area (Å²) in [6.07, 6.45) is 3.59. The molecule has 2 amide bonds. The maximum Gasteiger partial charge on any atom is 0.242 e. The number of carbonyl (C=O) groups excluding carboxylic acids is 2. The average Bonchev–Trinajstić information content (AvgIpc) is 2.76. The highest BCUT2D eigenvalue weighted by Gasteiger charge is 2.30. The number of carbonyl (C=O) groups is 2. The van der Waals surface area contributed by atoms with Crippen molar-refractivity contribution in [3.8, 4) is 0 Å². The number of fused-ring (bicyclic) bond motifs is 1. The maximum atomic E-state index is 13.0. The van der Waals surface area contributed by atoms with E-state index >= 15 is 0 Å². The molecule has 4 rings (SSSR count). The molecule has 5 heteroatoms. The third kappa shape index (κ3) is 4.44. The predicted molar refractivity (Wildman–Crippen MR) is 116 cm³/mol. The molecule has 2 aromatic rings. The van der Waals surface area contributed by atoms with E-state index in [4.69, 9.17) is 0 Å². The molecule has 1 atom stereocenters. The fraction of sp³-hybridized carbons (Fsp3) is 0.417. The lowest BCUT2D eigenvalue weighted by Crippen LogP contribution is -2.48. The van der Waals surface area contributed by atoms with Crippen molar-refractivity contribution in [2.24, 2.45) is 5.92 Å². The van der Waals surface area contributed by atoms with Gasteiger partial charge < -0.3 is 15.1 Å². The first kappa shape index (κ1) is 19.5. The van der Waals surface area contributed by atoms with Gasteiger partial charge in [-0.3, -0.25) is 9.59 Å². The zero-order valence-electron chi connectivity index (χ0n) is 17.0. The third-order valence-electron chi connectivity index (χ3n) is 6.23. The Kier molecular flexibility index (Phi) is 5.84. The number of hydrogen-bond acceptors (Lipinski definition) is 3. The molecule has 2 aromatic carbocycles. The van der Waals surface area contributed by atoms with E-state index in [0.717, 1.165) is 31.4 Å². The van der Waals surface area contributed by atoms with Gasteiger partial charge in [0.1, 0.15) is 0 Å². The Balaban J connectivity index is 1.32. The highest BCUT2D eigenvalue weighted by Crippen LogP contribution is 2.30. The van der Waals surface area contributed by atoms with E-state index < -0.39 is 0 Å². The van der Waals surface area contributed by atoms with Crippen LogP contribution in [0.25, 0.3) is 0 Å². The van der Waals surface area contributed by atoms with Crippen molar-refractivity contribution in [3.05, 3.63) is 60.2 Å². The molecule has 1 fully saturated rings. The topological polar surface area (TPSA) is 52.7 Å². The number of piperidine rings is 1. The number of nitrogens with zero attached hydrogens (tertiary/aromatic N) is 2. The van der Waals surface area contributed by atoms with Crippen LogP contribution in [0.15, 0.2) is 54.6 Å². The van der Waals surface area contributed by atoms with Gasteiger partial charge >= 0.3 is 0 Å². The molecule has 0 bridgehead atoms. The summed E-state index contributed by atoms with van der Waals surface area (Å²) in [5, 5.41) is 2.99. The minimum atomic E-state index is -0.0334. The van der Waals surface area contributed by atoms with Crippen molar-refractivity contribution >= 4 is 23.2 Å². The summed E-state index contributed by atoms with van der Waals surface area (Å²) in [5.74, 6) is 0.186. The van der Waals surface area contributed by atoms with Crippen molar-refractivity contribution in [2.75, 3.05) is 29.9 Å². The van der Waals surface area contributed by atoms with E-state index in [1.165, 1.54) is 11.3 Å². The molecule has 0 aliphatic carbocycles. The number of aryl methyl sites for hydroxylation is 1. The fourth-order valence-electron chi connectivity index (χ4n) is 4.40. The van der Waals surface area contributed by atoms with Crippen LogP contribution in [0.5, 0.6) is 0 Å². The van der Waals surface area contributed by atoms with Crippen molar-refractivity contribution in [3.63, 3.8) is 0 Å². The number of para-hydroxylation sites is 2. The summed E-state index contributed by atoms with van der Waals surface area (Å²) < 4.78 is 0. The van der Waals surface area contributed by atoms with Crippen molar-refractivity contribution < 1.29 is 9.59 Å². The molecule has 0 saturated carbocycles. The van der Waals surface area contributed by atoms with E-state index in [9.17, 15) is 9.59 Å². The molecule has 29 heavy (non-hydrogen) atoms. The molecule has 5 nitrogen and oxygen atoms in total. The number of amides is 2. The molecule has 0 radical (unpaired) electrons. The molecule has 1 N–H and O–H groups in total. The lowest BCUT2D eigenvalue weighted by molar-refractivity contribution is -0.133. The van der Waals surface area contributed by atoms with Gasteiger partial charge in [-0.15, -0.1) is 0 Å². The molecule has 2 aliphatic heterocycles. The zero-order chi connectivity index (χ0) is 20.2. The first-order valence-corrected chi connectivity index (χ1v) is 10.6. The second-order valence-electron chi connectivity index (χ2n) is 8.15. The van der Waals surface area contributed by atoms with E-state index in [0.29, 0.717) is 25.7 Å². The van der Waals surface area contributed by atoms with Gasteiger partial charge in [0.2, 0.25) is 11.8 Å². The van der Waals surface area contributed by atoms with Crippen molar-refractivity contribution in [1.82, 2.24) is 4.90 Å². The van der Waals surface area contributed by atoms with Gasteiger partial charge in [-0.2, -0.15) is 0 Å². The van der Waals surface area contributed by atoms with Crippen LogP contribution in [0.2, 0.25) is 0 Å². The molecule has 152 valence electrons. The second kappa shape index (κ2) is 8.68. The van der Waals surface area contributed by atoms with E-state index in [-0.39, 0.29) is 17.7 Å². The van der Waals surface area contributed by atoms with E-state index in [1.807, 2.05) is 41.3 Å². The van der Waals surface area contributed by atoms with Crippen LogP contribution in [0.4, 0.5) is 11.4 Å². The lowest BCUT2D eigenvalue weighted by Gasteiger charge is -2.39. The van der Waals surface area contributed by atoms with Crippen LogP contribution in [-0.2, 0) is 16.0 Å². The summed E-state index contributed by atoms with van der Waals surface area (Å²) in [4.78, 5) is 29.7. The van der Waals surface area contributed by atoms with Gasteiger partial charge in [0.05, 0.1) is 6.54 Å². The number of likely N-dealkylation sites (tertiary alicyclic amines) is 1. The molecule has 2 heterocycles. The summed E-state index contributed by atoms with van der Waals surface area (Å²) in [6.45, 7) is 3.91. The molecule has 0 unspecified atom stereocenters. The van der Waals surface area contributed by atoms with Crippen LogP contribution in [0.1, 0.15) is 31.7 Å². The lowest BCUT2D eigenvalue weighted by atomic mass is 9.95. The predicted octanol–water partition coefficient (Wildman–Crippen LogP) is 3.71. The second-order valence-corrected chi connectivity index (χ2v) is 8.15. The highest BCUT2D eigenvalue weighted by molar-refractivity contribution is 5.92. The van der Waals surface area contributed by atoms with Crippen LogP contribution in [0, 0.1) is 5.92 Å². The van der Waals surface area contributed by atoms with Gasteiger partial charge in [0.25, 0.3) is 0 Å². The molecule has 0 spiro atoms. The third-order valence-corrected chi connectivity index (χ3v) is 6.23. The number of benzene rings is 2. The Hall–Kier alpha value is -2.82. The zero-order valence-corrected chi connectivity index (χ0v) is 17.0. The van der Waals surface area contributed by atoms with Gasteiger partial charge in [-0.25, -0.2) is 0 Å². The van der Waals surface area contributed by atoms with Crippen LogP contribution >= 0.6 is 0 Å². The number of rotatable bonds is 4. The van der Waals surface area contributed by atoms with Crippen LogP contribution in [0.3, 0.4) is 0 Å². The molecular formula is C24H29N3O2. The first-order chi connectivity index (χ1) is 14.1. The quantitative estimate of drug-likeness (QED) is 0.865. The molecule has 0 aromatic heterocycles. The van der Waals surface area contributed by atoms with Crippen molar-refractivity contribution in [2.45, 2.75) is 38.6 Å². The van der Waals surface area contributed by atoms with E-state index in [1.54, 1.807) is 0 Å². The summed E-state index contributed by atoms with van der Waals surface area (Å²) in [5.41, 5.74) is 3.35. The van der Waals surface area contributed by atoms with Gasteiger partial charge in [-0.05, 0) is 56.4 Å². The number of anilines is 2. The summed E-state index contributed by atoms with van der Waals surface area (Å²) in [6, 6.07) is 18.3. The Labute approximate surface area is 172 Å². The number of nitrogens with one attached hydrogen (secondary N) is 1. The largest absolute Gasteiger partial charge is 0.359 e. The minimum Gasteiger partial charge on any atom is -0.359 e. The van der Waals surface area contributed by atoms with E-state index in [2.05, 4.69) is 35.3 Å². The SMILES string of the molecule is C[C@H]1CCc2ccccc2N1CC(=O)N1CCC(C(=O)Nc2ccccc2)CC1. The number of hydrogen-bond donors (Lipinski definition) is 1. The molecule has 2 aliphatic rings. The molecule has 1 saturated heterocycles. The maximum absolute atomic E-state index is 13.0. The first-order valence-electron chi connectivity index (χ1n) is 10.6. The monoisotopic (exact) mass is 391 g/mol. The van der Waals surface area contributed by atoms with Gasteiger partial charge in [0, 0.05) is 36.4 Å². The standard InChI is InChI=1S/C24H29N3O2/c1-18-11-12-19-7-5-6-10-22(19)27(18)17-23(28)26-15-13-20(14-16-26)24(29)25-21-8-3-2-4-9-21/h2-10,18,20H,11-17H2,1H3,(H,25,29)/t18-/m0/s1. The smallest absolute Gasteiger partial charge is 0.242 e. The Morgan fingerprint density at radius 2 is 1.66 bits per heavy atom. The highest BCUT2D eigenvalue weighted by atomic mass is 16.2. The summed E-state index contributed by atoms with van der Waals surface area (Å²) >= 11 is 0. The van der Waals surface area contributed by atoms with Gasteiger partial charge in [0.15, 0.2) is 0 Å². The summed E-state index contributed by atoms with van der Waals surface area (Å²) in [7, 11) is 0. The Bertz CT molecular complexity index is 859. The van der Waals surface area contributed by atoms with Crippen LogP contribution in [-0.4, -0.2) is 42.4 Å².